The van der Waals surface area contributed by atoms with E-state index in [2.05, 4.69) is 4.98 Å². The number of carbonyl (C=O) groups excluding carboxylic acids is 1. The molecule has 1 aromatic carbocycles. The molecule has 1 heterocycles. The average molecular weight is 533 g/mol. The van der Waals surface area contributed by atoms with Gasteiger partial charge in [0.2, 0.25) is 5.91 Å². The molecule has 0 aliphatic carbocycles. The lowest BCUT2D eigenvalue weighted by Crippen LogP contribution is -2.42. The number of alkyl halides is 6. The minimum atomic E-state index is -5.03. The number of likely N-dealkylation sites (N-methyl/N-ethyl adjacent to an activating group) is 1. The van der Waals surface area contributed by atoms with E-state index in [0.29, 0.717) is 23.4 Å². The van der Waals surface area contributed by atoms with Crippen molar-refractivity contribution < 1.29 is 31.1 Å². The fourth-order valence-electron chi connectivity index (χ4n) is 3.68. The minimum absolute atomic E-state index is 0.00672. The molecule has 0 unspecified atom stereocenters. The van der Waals surface area contributed by atoms with Gasteiger partial charge in [0.05, 0.1) is 28.4 Å². The summed E-state index contributed by atoms with van der Waals surface area (Å²) in [6.45, 7) is 8.26. The molecule has 1 amide bonds. The third-order valence-corrected chi connectivity index (χ3v) is 5.97. The molecule has 10 heteroatoms. The van der Waals surface area contributed by atoms with Crippen LogP contribution in [0.15, 0.2) is 48.7 Å². The first-order chi connectivity index (χ1) is 16.4. The van der Waals surface area contributed by atoms with Crippen molar-refractivity contribution in [1.82, 2.24) is 4.98 Å². The Morgan fingerprint density at radius 2 is 1.47 bits per heavy atom. The molecule has 0 fully saturated rings. The average Bonchev–Trinajstić information content (AvgIpc) is 2.76. The van der Waals surface area contributed by atoms with Crippen LogP contribution in [0, 0.1) is 5.92 Å². The lowest BCUT2D eigenvalue weighted by Gasteiger charge is -2.32. The number of benzene rings is 1. The summed E-state index contributed by atoms with van der Waals surface area (Å²) in [5, 5.41) is 0.161. The number of aromatic nitrogens is 1. The van der Waals surface area contributed by atoms with Gasteiger partial charge in [-0.25, -0.2) is 4.98 Å². The standard InChI is InChI=1S/C26H27ClF6N2O/c1-7-8-9-19(15(2)3)20-13-22(27)34-14-21(20)35(6)23(36)24(4,5)16-10-17(25(28,29)30)12-18(11-16)26(31,32)33/h7-15H,1-6H3/b8-7-,19-9+. The SMILES string of the molecule is C/C=C\C=C(\c1cc(Cl)ncc1N(C)C(=O)C(C)(C)c1cc(C(F)(F)F)cc(C(F)(F)F)c1)C(C)C. The molecule has 2 aromatic rings. The first-order valence-corrected chi connectivity index (χ1v) is 11.4. The van der Waals surface area contributed by atoms with E-state index < -0.39 is 40.4 Å². The van der Waals surface area contributed by atoms with Crippen LogP contribution in [-0.2, 0) is 22.6 Å². The molecule has 1 aromatic heterocycles. The normalized spacial score (nSPS) is 13.6. The summed E-state index contributed by atoms with van der Waals surface area (Å²) in [5.74, 6) is -0.734. The Hall–Kier alpha value is -2.81. The van der Waals surface area contributed by atoms with Crippen molar-refractivity contribution in [3.63, 3.8) is 0 Å². The van der Waals surface area contributed by atoms with Gasteiger partial charge in [-0.1, -0.05) is 43.7 Å². The molecule has 0 spiro atoms. The smallest absolute Gasteiger partial charge is 0.313 e. The maximum absolute atomic E-state index is 13.6. The number of halogens is 7. The predicted molar refractivity (Wildman–Crippen MR) is 130 cm³/mol. The summed E-state index contributed by atoms with van der Waals surface area (Å²) < 4.78 is 80.5. The van der Waals surface area contributed by atoms with Gasteiger partial charge < -0.3 is 4.90 Å². The zero-order valence-corrected chi connectivity index (χ0v) is 21.4. The van der Waals surface area contributed by atoms with E-state index in [0.717, 1.165) is 5.57 Å². The van der Waals surface area contributed by atoms with Crippen LogP contribution in [0.25, 0.3) is 5.57 Å². The van der Waals surface area contributed by atoms with Crippen LogP contribution < -0.4 is 4.90 Å². The largest absolute Gasteiger partial charge is 0.416 e. The van der Waals surface area contributed by atoms with Crippen LogP contribution in [-0.4, -0.2) is 17.9 Å². The molecule has 2 rings (SSSR count). The van der Waals surface area contributed by atoms with Crippen LogP contribution in [0.4, 0.5) is 32.0 Å². The molecule has 0 radical (unpaired) electrons. The van der Waals surface area contributed by atoms with Crippen LogP contribution in [0.2, 0.25) is 5.15 Å². The molecule has 0 atom stereocenters. The van der Waals surface area contributed by atoms with Crippen molar-refractivity contribution in [2.75, 3.05) is 11.9 Å². The highest BCUT2D eigenvalue weighted by Crippen LogP contribution is 2.40. The van der Waals surface area contributed by atoms with Gasteiger partial charge in [0.15, 0.2) is 0 Å². The second-order valence-corrected chi connectivity index (χ2v) is 9.50. The second-order valence-electron chi connectivity index (χ2n) is 9.11. The van der Waals surface area contributed by atoms with E-state index in [1.54, 1.807) is 12.1 Å². The Morgan fingerprint density at radius 3 is 1.92 bits per heavy atom. The monoisotopic (exact) mass is 532 g/mol. The summed E-state index contributed by atoms with van der Waals surface area (Å²) in [5.41, 5.74) is -3.46. The van der Waals surface area contributed by atoms with Gasteiger partial charge in [0, 0.05) is 12.6 Å². The van der Waals surface area contributed by atoms with Gasteiger partial charge in [0.25, 0.3) is 0 Å². The zero-order valence-electron chi connectivity index (χ0n) is 20.6. The Balaban J connectivity index is 2.68. The quantitative estimate of drug-likeness (QED) is 0.213. The molecule has 0 N–H and O–H groups in total. The second kappa shape index (κ2) is 10.7. The minimum Gasteiger partial charge on any atom is -0.313 e. The number of amides is 1. The zero-order chi connectivity index (χ0) is 27.6. The lowest BCUT2D eigenvalue weighted by molar-refractivity contribution is -0.143. The third-order valence-electron chi connectivity index (χ3n) is 5.76. The number of hydrogen-bond donors (Lipinski definition) is 0. The van der Waals surface area contributed by atoms with Gasteiger partial charge in [-0.05, 0) is 62.1 Å². The van der Waals surface area contributed by atoms with E-state index in [9.17, 15) is 31.1 Å². The van der Waals surface area contributed by atoms with Crippen LogP contribution in [0.1, 0.15) is 56.9 Å². The van der Waals surface area contributed by atoms with Gasteiger partial charge in [-0.15, -0.1) is 0 Å². The van der Waals surface area contributed by atoms with E-state index in [1.165, 1.54) is 32.0 Å². The summed E-state index contributed by atoms with van der Waals surface area (Å²) in [6.07, 6.45) is -3.25. The Labute approximate surface area is 211 Å². The Bertz CT molecular complexity index is 1150. The van der Waals surface area contributed by atoms with Gasteiger partial charge in [-0.2, -0.15) is 26.3 Å². The lowest BCUT2D eigenvalue weighted by atomic mass is 9.81. The number of rotatable bonds is 6. The van der Waals surface area contributed by atoms with Gasteiger partial charge >= 0.3 is 12.4 Å². The first-order valence-electron chi connectivity index (χ1n) is 11.0. The highest BCUT2D eigenvalue weighted by molar-refractivity contribution is 6.29. The molecule has 36 heavy (non-hydrogen) atoms. The molecule has 0 saturated heterocycles. The number of nitrogens with zero attached hydrogens (tertiary/aromatic N) is 2. The number of pyridine rings is 1. The number of carbonyl (C=O) groups is 1. The maximum atomic E-state index is 13.6. The summed E-state index contributed by atoms with van der Waals surface area (Å²) in [4.78, 5) is 18.8. The highest BCUT2D eigenvalue weighted by atomic mass is 35.5. The summed E-state index contributed by atoms with van der Waals surface area (Å²) in [6, 6.07) is 2.76. The third kappa shape index (κ3) is 6.49. The molecule has 0 bridgehead atoms. The molecule has 0 aliphatic heterocycles. The number of allylic oxidation sites excluding steroid dienone is 4. The van der Waals surface area contributed by atoms with E-state index >= 15 is 0 Å². The van der Waals surface area contributed by atoms with E-state index in [1.807, 2.05) is 32.9 Å². The van der Waals surface area contributed by atoms with Crippen molar-refractivity contribution in [2.45, 2.75) is 52.4 Å². The number of hydrogen-bond acceptors (Lipinski definition) is 2. The van der Waals surface area contributed by atoms with Crippen LogP contribution in [0.5, 0.6) is 0 Å². The fraction of sp³-hybridized carbons (Fsp3) is 0.385. The van der Waals surface area contributed by atoms with Crippen LogP contribution in [0.3, 0.4) is 0 Å². The molecule has 3 nitrogen and oxygen atoms in total. The predicted octanol–water partition coefficient (Wildman–Crippen LogP) is 8.33. The highest BCUT2D eigenvalue weighted by Gasteiger charge is 2.41. The van der Waals surface area contributed by atoms with E-state index in [4.69, 9.17) is 11.6 Å². The molecule has 0 aliphatic rings. The number of anilines is 1. The first kappa shape index (κ1) is 29.4. The fourth-order valence-corrected chi connectivity index (χ4v) is 3.84. The van der Waals surface area contributed by atoms with Crippen molar-refractivity contribution in [3.05, 3.63) is 76.1 Å². The molecule has 196 valence electrons. The van der Waals surface area contributed by atoms with E-state index in [-0.39, 0.29) is 17.1 Å². The maximum Gasteiger partial charge on any atom is 0.416 e. The van der Waals surface area contributed by atoms with Gasteiger partial charge in [0.1, 0.15) is 5.15 Å². The van der Waals surface area contributed by atoms with Crippen molar-refractivity contribution >= 4 is 28.8 Å². The van der Waals surface area contributed by atoms with Crippen molar-refractivity contribution in [2.24, 2.45) is 5.92 Å². The Morgan fingerprint density at radius 1 is 0.972 bits per heavy atom. The topological polar surface area (TPSA) is 33.2 Å². The Kier molecular flexibility index (Phi) is 8.71. The van der Waals surface area contributed by atoms with Crippen molar-refractivity contribution in [1.29, 1.82) is 0 Å². The molecule has 0 saturated carbocycles. The molecular weight excluding hydrogens is 506 g/mol. The van der Waals surface area contributed by atoms with Crippen LogP contribution >= 0.6 is 11.6 Å². The van der Waals surface area contributed by atoms with Gasteiger partial charge in [-0.3, -0.25) is 4.79 Å². The summed E-state index contributed by atoms with van der Waals surface area (Å²) in [7, 11) is 1.39. The van der Waals surface area contributed by atoms with Crippen molar-refractivity contribution in [3.8, 4) is 0 Å². The summed E-state index contributed by atoms with van der Waals surface area (Å²) >= 11 is 6.12. The molecular formula is C26H27ClF6N2O.